The Morgan fingerprint density at radius 1 is 1.29 bits per heavy atom. The van der Waals surface area contributed by atoms with Crippen LogP contribution >= 0.6 is 0 Å². The highest BCUT2D eigenvalue weighted by Gasteiger charge is 2.47. The van der Waals surface area contributed by atoms with E-state index in [9.17, 15) is 9.59 Å². The van der Waals surface area contributed by atoms with Crippen molar-refractivity contribution in [1.82, 2.24) is 10.2 Å². The molecule has 5 nitrogen and oxygen atoms in total. The fourth-order valence-electron chi connectivity index (χ4n) is 3.72. The maximum absolute atomic E-state index is 12.8. The summed E-state index contributed by atoms with van der Waals surface area (Å²) >= 11 is 0. The van der Waals surface area contributed by atoms with Gasteiger partial charge in [0.05, 0.1) is 7.11 Å². The topological polar surface area (TPSA) is 58.6 Å². The SMILES string of the molecule is COc1ccc(CN2C(=O)CCC2(C)C(=O)NC2CCCC2)cc1. The molecule has 1 atom stereocenters. The van der Waals surface area contributed by atoms with Gasteiger partial charge in [-0.1, -0.05) is 25.0 Å². The van der Waals surface area contributed by atoms with Crippen molar-refractivity contribution in [3.05, 3.63) is 29.8 Å². The molecule has 1 aromatic rings. The molecule has 2 fully saturated rings. The Hall–Kier alpha value is -2.04. The summed E-state index contributed by atoms with van der Waals surface area (Å²) in [5.41, 5.74) is 0.255. The van der Waals surface area contributed by atoms with Crippen molar-refractivity contribution in [2.45, 2.75) is 63.6 Å². The quantitative estimate of drug-likeness (QED) is 0.903. The van der Waals surface area contributed by atoms with Crippen molar-refractivity contribution < 1.29 is 14.3 Å². The number of benzene rings is 1. The molecular weight excluding hydrogens is 304 g/mol. The number of nitrogens with one attached hydrogen (secondary N) is 1. The largest absolute Gasteiger partial charge is 0.497 e. The molecule has 0 radical (unpaired) electrons. The van der Waals surface area contributed by atoms with Crippen LogP contribution in [0.2, 0.25) is 0 Å². The van der Waals surface area contributed by atoms with E-state index in [4.69, 9.17) is 4.74 Å². The summed E-state index contributed by atoms with van der Waals surface area (Å²) < 4.78 is 5.17. The van der Waals surface area contributed by atoms with E-state index >= 15 is 0 Å². The molecule has 1 N–H and O–H groups in total. The summed E-state index contributed by atoms with van der Waals surface area (Å²) in [6, 6.07) is 7.92. The van der Waals surface area contributed by atoms with E-state index in [2.05, 4.69) is 5.32 Å². The van der Waals surface area contributed by atoms with Gasteiger partial charge in [-0.3, -0.25) is 9.59 Å². The summed E-state index contributed by atoms with van der Waals surface area (Å²) in [5, 5.41) is 3.16. The molecule has 2 aliphatic rings. The molecule has 1 saturated heterocycles. The zero-order valence-electron chi connectivity index (χ0n) is 14.5. The Bertz CT molecular complexity index is 608. The van der Waals surface area contributed by atoms with Crippen molar-refractivity contribution in [2.24, 2.45) is 0 Å². The first-order chi connectivity index (χ1) is 11.5. The van der Waals surface area contributed by atoms with E-state index in [1.54, 1.807) is 12.0 Å². The lowest BCUT2D eigenvalue weighted by molar-refractivity contribution is -0.141. The van der Waals surface area contributed by atoms with Gasteiger partial charge in [0, 0.05) is 19.0 Å². The molecule has 2 amide bonds. The Morgan fingerprint density at radius 2 is 1.96 bits per heavy atom. The van der Waals surface area contributed by atoms with Crippen molar-refractivity contribution in [3.8, 4) is 5.75 Å². The molecule has 1 unspecified atom stereocenters. The number of carbonyl (C=O) groups is 2. The summed E-state index contributed by atoms with van der Waals surface area (Å²) in [6.07, 6.45) is 5.47. The lowest BCUT2D eigenvalue weighted by Crippen LogP contribution is -2.55. The number of hydrogen-bond acceptors (Lipinski definition) is 3. The maximum Gasteiger partial charge on any atom is 0.245 e. The fraction of sp³-hybridized carbons (Fsp3) is 0.579. The molecule has 5 heteroatoms. The lowest BCUT2D eigenvalue weighted by Gasteiger charge is -2.35. The number of nitrogens with zero attached hydrogens (tertiary/aromatic N) is 1. The third-order valence-corrected chi connectivity index (χ3v) is 5.40. The van der Waals surface area contributed by atoms with E-state index in [1.807, 2.05) is 31.2 Å². The molecule has 1 aliphatic heterocycles. The first-order valence-electron chi connectivity index (χ1n) is 8.77. The lowest BCUT2D eigenvalue weighted by atomic mass is 9.96. The summed E-state index contributed by atoms with van der Waals surface area (Å²) in [4.78, 5) is 27.0. The number of amides is 2. The highest BCUT2D eigenvalue weighted by molar-refractivity contribution is 5.94. The second-order valence-electron chi connectivity index (χ2n) is 7.06. The van der Waals surface area contributed by atoms with Crippen molar-refractivity contribution >= 4 is 11.8 Å². The number of hydrogen-bond donors (Lipinski definition) is 1. The Kier molecular flexibility index (Phi) is 4.78. The number of carbonyl (C=O) groups excluding carboxylic acids is 2. The summed E-state index contributed by atoms with van der Waals surface area (Å²) in [6.45, 7) is 2.35. The zero-order chi connectivity index (χ0) is 17.2. The van der Waals surface area contributed by atoms with E-state index in [-0.39, 0.29) is 17.9 Å². The van der Waals surface area contributed by atoms with Crippen LogP contribution in [-0.4, -0.2) is 35.4 Å². The Labute approximate surface area is 143 Å². The van der Waals surface area contributed by atoms with Gasteiger partial charge in [0.2, 0.25) is 11.8 Å². The van der Waals surface area contributed by atoms with Gasteiger partial charge in [0.1, 0.15) is 11.3 Å². The average molecular weight is 330 g/mol. The van der Waals surface area contributed by atoms with Gasteiger partial charge in [-0.25, -0.2) is 0 Å². The van der Waals surface area contributed by atoms with E-state index in [1.165, 1.54) is 12.8 Å². The molecule has 1 aliphatic carbocycles. The average Bonchev–Trinajstić information content (AvgIpc) is 3.19. The van der Waals surface area contributed by atoms with Gasteiger partial charge in [-0.2, -0.15) is 0 Å². The first-order valence-corrected chi connectivity index (χ1v) is 8.77. The standard InChI is InChI=1S/C19H26N2O3/c1-19(18(23)20-15-5-3-4-6-15)12-11-17(22)21(19)13-14-7-9-16(24-2)10-8-14/h7-10,15H,3-6,11-13H2,1-2H3,(H,20,23). The van der Waals surface area contributed by atoms with Gasteiger partial charge < -0.3 is 15.0 Å². The predicted octanol–water partition coefficient (Wildman–Crippen LogP) is 2.64. The van der Waals surface area contributed by atoms with E-state index in [0.29, 0.717) is 19.4 Å². The maximum atomic E-state index is 12.8. The highest BCUT2D eigenvalue weighted by atomic mass is 16.5. The number of methoxy groups -OCH3 is 1. The van der Waals surface area contributed by atoms with Gasteiger partial charge >= 0.3 is 0 Å². The van der Waals surface area contributed by atoms with Crippen LogP contribution < -0.4 is 10.1 Å². The molecule has 130 valence electrons. The van der Waals surface area contributed by atoms with Crippen LogP contribution in [0.15, 0.2) is 24.3 Å². The van der Waals surface area contributed by atoms with Gasteiger partial charge in [-0.15, -0.1) is 0 Å². The first kappa shape index (κ1) is 16.8. The third-order valence-electron chi connectivity index (χ3n) is 5.40. The van der Waals surface area contributed by atoms with Crippen LogP contribution in [0.3, 0.4) is 0 Å². The fourth-order valence-corrected chi connectivity index (χ4v) is 3.72. The van der Waals surface area contributed by atoms with E-state index < -0.39 is 5.54 Å². The van der Waals surface area contributed by atoms with Gasteiger partial charge in [0.15, 0.2) is 0 Å². The van der Waals surface area contributed by atoms with E-state index in [0.717, 1.165) is 24.2 Å². The highest BCUT2D eigenvalue weighted by Crippen LogP contribution is 2.33. The molecule has 1 aromatic carbocycles. The number of rotatable bonds is 5. The minimum atomic E-state index is -0.750. The number of ether oxygens (including phenoxy) is 1. The van der Waals surface area contributed by atoms with Crippen LogP contribution in [0, 0.1) is 0 Å². The zero-order valence-corrected chi connectivity index (χ0v) is 14.5. The normalized spacial score (nSPS) is 24.4. The summed E-state index contributed by atoms with van der Waals surface area (Å²) in [7, 11) is 1.63. The van der Waals surface area contributed by atoms with Crippen molar-refractivity contribution in [1.29, 1.82) is 0 Å². The molecule has 24 heavy (non-hydrogen) atoms. The predicted molar refractivity (Wildman–Crippen MR) is 91.6 cm³/mol. The van der Waals surface area contributed by atoms with Crippen molar-refractivity contribution in [2.75, 3.05) is 7.11 Å². The smallest absolute Gasteiger partial charge is 0.245 e. The Balaban J connectivity index is 1.73. The minimum absolute atomic E-state index is 0.00578. The molecule has 0 bridgehead atoms. The minimum Gasteiger partial charge on any atom is -0.497 e. The molecule has 3 rings (SSSR count). The van der Waals surface area contributed by atoms with Gasteiger partial charge in [-0.05, 0) is 43.9 Å². The van der Waals surface area contributed by atoms with Crippen LogP contribution in [0.1, 0.15) is 51.0 Å². The molecular formula is C19H26N2O3. The monoisotopic (exact) mass is 330 g/mol. The third kappa shape index (κ3) is 3.25. The van der Waals surface area contributed by atoms with Gasteiger partial charge in [0.25, 0.3) is 0 Å². The van der Waals surface area contributed by atoms with Crippen LogP contribution in [0.5, 0.6) is 5.75 Å². The molecule has 0 aromatic heterocycles. The molecule has 1 heterocycles. The Morgan fingerprint density at radius 3 is 2.58 bits per heavy atom. The van der Waals surface area contributed by atoms with Crippen LogP contribution in [-0.2, 0) is 16.1 Å². The number of likely N-dealkylation sites (tertiary alicyclic amines) is 1. The van der Waals surface area contributed by atoms with Crippen LogP contribution in [0.25, 0.3) is 0 Å². The molecule has 1 saturated carbocycles. The second-order valence-corrected chi connectivity index (χ2v) is 7.06. The summed E-state index contributed by atoms with van der Waals surface area (Å²) in [5.74, 6) is 0.830. The molecule has 0 spiro atoms. The van der Waals surface area contributed by atoms with Crippen LogP contribution in [0.4, 0.5) is 0 Å². The van der Waals surface area contributed by atoms with Crippen molar-refractivity contribution in [3.63, 3.8) is 0 Å². The second kappa shape index (κ2) is 6.83.